The first-order valence-electron chi connectivity index (χ1n) is 9.57. The minimum Gasteiger partial charge on any atom is -0.466 e. The lowest BCUT2D eigenvalue weighted by Gasteiger charge is -2.25. The van der Waals surface area contributed by atoms with Gasteiger partial charge in [0.05, 0.1) is 29.0 Å². The van der Waals surface area contributed by atoms with Crippen LogP contribution in [0.5, 0.6) is 0 Å². The Balaban J connectivity index is 2.01. The Kier molecular flexibility index (Phi) is 6.14. The fraction of sp³-hybridized carbons (Fsp3) is 0.174. The summed E-state index contributed by atoms with van der Waals surface area (Å²) < 4.78 is 7.07. The van der Waals surface area contributed by atoms with Crippen LogP contribution in [0, 0.1) is 0 Å². The van der Waals surface area contributed by atoms with Gasteiger partial charge < -0.3 is 4.74 Å². The summed E-state index contributed by atoms with van der Waals surface area (Å²) in [5.41, 5.74) is 2.22. The molecule has 0 saturated heterocycles. The number of nitrogens with zero attached hydrogens (tertiary/aromatic N) is 2. The van der Waals surface area contributed by atoms with E-state index < -0.39 is 12.0 Å². The van der Waals surface area contributed by atoms with Crippen LogP contribution in [0.2, 0.25) is 10.0 Å². The number of ether oxygens (including phenoxy) is 1. The van der Waals surface area contributed by atoms with Crippen molar-refractivity contribution in [1.29, 1.82) is 0 Å². The SMILES string of the molecule is CCC1=C(C(=O)OC)[C@@H](c2ccccc2)n2c(s/c(=C\c3ccc(Cl)cc3Cl)c2=O)=N1. The fourth-order valence-corrected chi connectivity index (χ4v) is 5.05. The minimum absolute atomic E-state index is 0.250. The lowest BCUT2D eigenvalue weighted by atomic mass is 9.95. The summed E-state index contributed by atoms with van der Waals surface area (Å²) in [4.78, 5) is 31.4. The second-order valence-corrected chi connectivity index (χ2v) is 8.72. The van der Waals surface area contributed by atoms with E-state index in [1.54, 1.807) is 28.8 Å². The van der Waals surface area contributed by atoms with Gasteiger partial charge >= 0.3 is 5.97 Å². The summed E-state index contributed by atoms with van der Waals surface area (Å²) in [5, 5.41) is 0.963. The summed E-state index contributed by atoms with van der Waals surface area (Å²) in [6.07, 6.45) is 2.25. The molecule has 2 heterocycles. The van der Waals surface area contributed by atoms with Crippen molar-refractivity contribution in [1.82, 2.24) is 4.57 Å². The van der Waals surface area contributed by atoms with E-state index in [0.29, 0.717) is 42.6 Å². The maximum Gasteiger partial charge on any atom is 0.338 e. The fourth-order valence-electron chi connectivity index (χ4n) is 3.57. The van der Waals surface area contributed by atoms with E-state index in [1.807, 2.05) is 37.3 Å². The number of halogens is 2. The van der Waals surface area contributed by atoms with Crippen LogP contribution in [0.25, 0.3) is 6.08 Å². The molecule has 0 fully saturated rings. The molecule has 0 amide bonds. The Bertz CT molecular complexity index is 1370. The molecular formula is C23H18Cl2N2O3S. The van der Waals surface area contributed by atoms with E-state index >= 15 is 0 Å². The number of allylic oxidation sites excluding steroid dienone is 1. The Morgan fingerprint density at radius 1 is 1.23 bits per heavy atom. The largest absolute Gasteiger partial charge is 0.466 e. The molecule has 8 heteroatoms. The summed E-state index contributed by atoms with van der Waals surface area (Å²) in [5.74, 6) is -0.496. The molecule has 0 spiro atoms. The van der Waals surface area contributed by atoms with Crippen molar-refractivity contribution in [2.45, 2.75) is 19.4 Å². The molecule has 1 atom stereocenters. The highest BCUT2D eigenvalue weighted by molar-refractivity contribution is 7.07. The van der Waals surface area contributed by atoms with E-state index in [9.17, 15) is 9.59 Å². The number of carbonyl (C=O) groups is 1. The van der Waals surface area contributed by atoms with E-state index in [-0.39, 0.29) is 5.56 Å². The third-order valence-corrected chi connectivity index (χ3v) is 6.56. The molecule has 1 aromatic heterocycles. The molecular weight excluding hydrogens is 455 g/mol. The van der Waals surface area contributed by atoms with Crippen molar-refractivity contribution >= 4 is 46.6 Å². The molecule has 0 unspecified atom stereocenters. The Labute approximate surface area is 192 Å². The molecule has 4 rings (SSSR count). The average Bonchev–Trinajstić information content (AvgIpc) is 3.09. The molecule has 5 nitrogen and oxygen atoms in total. The first kappa shape index (κ1) is 21.6. The number of carbonyl (C=O) groups excluding carboxylic acids is 1. The number of hydrogen-bond acceptors (Lipinski definition) is 5. The zero-order valence-electron chi connectivity index (χ0n) is 16.8. The molecule has 0 aliphatic carbocycles. The normalized spacial score (nSPS) is 16.1. The van der Waals surface area contributed by atoms with Gasteiger partial charge in [0.2, 0.25) is 0 Å². The average molecular weight is 473 g/mol. The van der Waals surface area contributed by atoms with Crippen molar-refractivity contribution in [3.05, 3.63) is 101 Å². The topological polar surface area (TPSA) is 60.7 Å². The van der Waals surface area contributed by atoms with Crippen LogP contribution in [0.15, 0.2) is 69.6 Å². The van der Waals surface area contributed by atoms with Gasteiger partial charge in [-0.3, -0.25) is 9.36 Å². The summed E-state index contributed by atoms with van der Waals surface area (Å²) in [7, 11) is 1.33. The first-order chi connectivity index (χ1) is 14.9. The van der Waals surface area contributed by atoms with Gasteiger partial charge in [0, 0.05) is 10.0 Å². The van der Waals surface area contributed by atoms with Crippen LogP contribution in [0.4, 0.5) is 0 Å². The maximum atomic E-state index is 13.5. The standard InChI is InChI=1S/C23H18Cl2N2O3S/c1-3-17-19(22(29)30-2)20(13-7-5-4-6-8-13)27-21(28)18(31-23(27)26-17)11-14-9-10-15(24)12-16(14)25/h4-12,20H,3H2,1-2H3/b18-11-/t20-/m1/s1. The van der Waals surface area contributed by atoms with Gasteiger partial charge in [-0.1, -0.05) is 77.9 Å². The maximum absolute atomic E-state index is 13.5. The smallest absolute Gasteiger partial charge is 0.338 e. The minimum atomic E-state index is -0.623. The van der Waals surface area contributed by atoms with Crippen molar-refractivity contribution in [2.75, 3.05) is 7.11 Å². The number of aromatic nitrogens is 1. The van der Waals surface area contributed by atoms with E-state index in [2.05, 4.69) is 4.99 Å². The van der Waals surface area contributed by atoms with Crippen molar-refractivity contribution in [2.24, 2.45) is 4.99 Å². The molecule has 3 aromatic rings. The summed E-state index contributed by atoms with van der Waals surface area (Å²) in [6, 6.07) is 13.9. The predicted molar refractivity (Wildman–Crippen MR) is 123 cm³/mol. The molecule has 1 aliphatic heterocycles. The molecule has 31 heavy (non-hydrogen) atoms. The molecule has 158 valence electrons. The molecule has 0 N–H and O–H groups in total. The van der Waals surface area contributed by atoms with Gasteiger partial charge in [-0.15, -0.1) is 0 Å². The number of hydrogen-bond donors (Lipinski definition) is 0. The van der Waals surface area contributed by atoms with E-state index in [1.165, 1.54) is 18.4 Å². The van der Waals surface area contributed by atoms with Crippen LogP contribution >= 0.6 is 34.5 Å². The predicted octanol–water partition coefficient (Wildman–Crippen LogP) is 4.11. The zero-order valence-corrected chi connectivity index (χ0v) is 19.1. The molecule has 1 aliphatic rings. The van der Waals surface area contributed by atoms with Crippen LogP contribution in [-0.2, 0) is 9.53 Å². The number of esters is 1. The van der Waals surface area contributed by atoms with Gasteiger partial charge in [0.25, 0.3) is 5.56 Å². The van der Waals surface area contributed by atoms with E-state index in [0.717, 1.165) is 5.56 Å². The quantitative estimate of drug-likeness (QED) is 0.536. The van der Waals surface area contributed by atoms with Crippen molar-refractivity contribution in [3.8, 4) is 0 Å². The van der Waals surface area contributed by atoms with Crippen LogP contribution in [0.3, 0.4) is 0 Å². The first-order valence-corrected chi connectivity index (χ1v) is 11.1. The van der Waals surface area contributed by atoms with Gasteiger partial charge in [0.15, 0.2) is 4.80 Å². The number of rotatable bonds is 4. The molecule has 0 saturated carbocycles. The zero-order chi connectivity index (χ0) is 22.1. The lowest BCUT2D eigenvalue weighted by molar-refractivity contribution is -0.136. The van der Waals surface area contributed by atoms with Crippen molar-refractivity contribution < 1.29 is 9.53 Å². The van der Waals surface area contributed by atoms with Gasteiger partial charge in [-0.05, 0) is 35.8 Å². The van der Waals surface area contributed by atoms with Crippen molar-refractivity contribution in [3.63, 3.8) is 0 Å². The van der Waals surface area contributed by atoms with E-state index in [4.69, 9.17) is 27.9 Å². The number of thiazole rings is 1. The Morgan fingerprint density at radius 3 is 2.61 bits per heavy atom. The van der Waals surface area contributed by atoms with Gasteiger partial charge in [-0.25, -0.2) is 9.79 Å². The highest BCUT2D eigenvalue weighted by Gasteiger charge is 2.33. The van der Waals surface area contributed by atoms with Crippen LogP contribution in [0.1, 0.15) is 30.5 Å². The van der Waals surface area contributed by atoms with Gasteiger partial charge in [-0.2, -0.15) is 0 Å². The highest BCUT2D eigenvalue weighted by Crippen LogP contribution is 2.31. The Hall–Kier alpha value is -2.67. The second-order valence-electron chi connectivity index (χ2n) is 6.86. The Morgan fingerprint density at radius 2 is 1.97 bits per heavy atom. The monoisotopic (exact) mass is 472 g/mol. The summed E-state index contributed by atoms with van der Waals surface area (Å²) >= 11 is 13.5. The van der Waals surface area contributed by atoms with Crippen LogP contribution in [-0.4, -0.2) is 17.6 Å². The molecule has 2 aromatic carbocycles. The number of benzene rings is 2. The third kappa shape index (κ3) is 3.99. The third-order valence-electron chi connectivity index (χ3n) is 5.01. The second kappa shape index (κ2) is 8.83. The summed E-state index contributed by atoms with van der Waals surface area (Å²) in [6.45, 7) is 1.92. The highest BCUT2D eigenvalue weighted by atomic mass is 35.5. The number of methoxy groups -OCH3 is 1. The lowest BCUT2D eigenvalue weighted by Crippen LogP contribution is -2.40. The van der Waals surface area contributed by atoms with Gasteiger partial charge in [0.1, 0.15) is 0 Å². The molecule has 0 radical (unpaired) electrons. The van der Waals surface area contributed by atoms with Crippen LogP contribution < -0.4 is 14.9 Å². The molecule has 0 bridgehead atoms. The number of fused-ring (bicyclic) bond motifs is 1.